The number of carbonyl (C=O) groups is 1. The maximum Gasteiger partial charge on any atom is 0.573 e. The van der Waals surface area contributed by atoms with Gasteiger partial charge in [0.2, 0.25) is 0 Å². The van der Waals surface area contributed by atoms with Crippen LogP contribution < -0.4 is 4.74 Å². The first kappa shape index (κ1) is 20.4. The predicted molar refractivity (Wildman–Crippen MR) is 111 cm³/mol. The second-order valence-corrected chi connectivity index (χ2v) is 6.94. The molecule has 0 spiro atoms. The van der Waals surface area contributed by atoms with Gasteiger partial charge in [0.1, 0.15) is 5.75 Å². The van der Waals surface area contributed by atoms with Gasteiger partial charge >= 0.3 is 12.3 Å². The minimum absolute atomic E-state index is 0.0800. The van der Waals surface area contributed by atoms with Crippen LogP contribution in [0.25, 0.3) is 33.3 Å². The number of carboxylic acid groups (broad SMARTS) is 1. The predicted octanol–water partition coefficient (Wildman–Crippen LogP) is 6.47. The van der Waals surface area contributed by atoms with Crippen LogP contribution in [0, 0.1) is 6.92 Å². The fraction of sp³-hybridized carbons (Fsp3) is 0.0833. The fourth-order valence-corrected chi connectivity index (χ4v) is 3.54. The minimum Gasteiger partial charge on any atom is -0.478 e. The van der Waals surface area contributed by atoms with Gasteiger partial charge < -0.3 is 9.84 Å². The molecule has 0 saturated carbocycles. The third kappa shape index (κ3) is 4.21. The Balaban J connectivity index is 1.82. The summed E-state index contributed by atoms with van der Waals surface area (Å²) in [6, 6.07) is 20.8. The molecule has 4 aromatic rings. The van der Waals surface area contributed by atoms with Crippen molar-refractivity contribution in [2.75, 3.05) is 0 Å². The molecule has 0 aliphatic carbocycles. The number of pyridine rings is 1. The average molecular weight is 423 g/mol. The third-order valence-corrected chi connectivity index (χ3v) is 4.91. The van der Waals surface area contributed by atoms with E-state index >= 15 is 0 Å². The second kappa shape index (κ2) is 7.75. The number of nitrogens with zero attached hydrogens (tertiary/aromatic N) is 1. The lowest BCUT2D eigenvalue weighted by Crippen LogP contribution is -2.17. The van der Waals surface area contributed by atoms with Gasteiger partial charge in [-0.2, -0.15) is 0 Å². The molecule has 0 aliphatic heterocycles. The van der Waals surface area contributed by atoms with E-state index in [1.807, 2.05) is 54.6 Å². The summed E-state index contributed by atoms with van der Waals surface area (Å²) in [6.45, 7) is 1.59. The van der Waals surface area contributed by atoms with Crippen molar-refractivity contribution in [3.63, 3.8) is 0 Å². The zero-order chi connectivity index (χ0) is 22.2. The van der Waals surface area contributed by atoms with Crippen LogP contribution in [0.3, 0.4) is 0 Å². The summed E-state index contributed by atoms with van der Waals surface area (Å²) in [6.07, 6.45) is -4.88. The Bertz CT molecular complexity index is 1270. The zero-order valence-electron chi connectivity index (χ0n) is 16.3. The zero-order valence-corrected chi connectivity index (χ0v) is 16.3. The molecule has 0 unspecified atom stereocenters. The molecule has 0 fully saturated rings. The summed E-state index contributed by atoms with van der Waals surface area (Å²) in [7, 11) is 0. The Morgan fingerprint density at radius 1 is 0.903 bits per heavy atom. The first-order valence-electron chi connectivity index (χ1n) is 9.32. The van der Waals surface area contributed by atoms with E-state index in [1.54, 1.807) is 6.92 Å². The van der Waals surface area contributed by atoms with Crippen molar-refractivity contribution in [2.24, 2.45) is 0 Å². The monoisotopic (exact) mass is 423 g/mol. The molecule has 0 aliphatic rings. The standard InChI is InChI=1S/C24H16F3NO3/c1-14-21(23(29)30)19-13-18(31-24(25,26)27)11-12-20(19)28-22(14)17-9-7-16(8-10-17)15-5-3-2-4-6-15/h2-13H,1H3,(H,29,30). The van der Waals surface area contributed by atoms with E-state index in [-0.39, 0.29) is 16.5 Å². The molecule has 0 saturated heterocycles. The molecule has 0 atom stereocenters. The molecular formula is C24H16F3NO3. The molecule has 7 heteroatoms. The number of fused-ring (bicyclic) bond motifs is 1. The van der Waals surface area contributed by atoms with Crippen molar-refractivity contribution in [1.29, 1.82) is 0 Å². The molecule has 4 rings (SSSR count). The van der Waals surface area contributed by atoms with E-state index in [1.165, 1.54) is 6.07 Å². The smallest absolute Gasteiger partial charge is 0.478 e. The lowest BCUT2D eigenvalue weighted by atomic mass is 9.96. The molecule has 3 aromatic carbocycles. The van der Waals surface area contributed by atoms with Crippen molar-refractivity contribution in [2.45, 2.75) is 13.3 Å². The molecule has 156 valence electrons. The van der Waals surface area contributed by atoms with E-state index in [9.17, 15) is 23.1 Å². The van der Waals surface area contributed by atoms with Crippen LogP contribution in [0.15, 0.2) is 72.8 Å². The highest BCUT2D eigenvalue weighted by atomic mass is 19.4. The molecule has 0 amide bonds. The summed E-state index contributed by atoms with van der Waals surface area (Å²) in [5.74, 6) is -1.75. The van der Waals surface area contributed by atoms with Crippen LogP contribution in [0.4, 0.5) is 13.2 Å². The largest absolute Gasteiger partial charge is 0.573 e. The number of ether oxygens (including phenoxy) is 1. The fourth-order valence-electron chi connectivity index (χ4n) is 3.54. The van der Waals surface area contributed by atoms with E-state index in [2.05, 4.69) is 9.72 Å². The van der Waals surface area contributed by atoms with Gasteiger partial charge in [0.25, 0.3) is 0 Å². The van der Waals surface area contributed by atoms with Crippen LogP contribution in [0.2, 0.25) is 0 Å². The third-order valence-electron chi connectivity index (χ3n) is 4.91. The molecule has 1 heterocycles. The van der Waals surface area contributed by atoms with Gasteiger partial charge in [-0.25, -0.2) is 9.78 Å². The van der Waals surface area contributed by atoms with Crippen LogP contribution in [-0.4, -0.2) is 22.4 Å². The van der Waals surface area contributed by atoms with E-state index < -0.39 is 18.1 Å². The molecular weight excluding hydrogens is 407 g/mol. The SMILES string of the molecule is Cc1c(-c2ccc(-c3ccccc3)cc2)nc2ccc(OC(F)(F)F)cc2c1C(=O)O. The highest BCUT2D eigenvalue weighted by molar-refractivity contribution is 6.06. The van der Waals surface area contributed by atoms with Crippen molar-refractivity contribution in [1.82, 2.24) is 4.98 Å². The lowest BCUT2D eigenvalue weighted by Gasteiger charge is -2.14. The lowest BCUT2D eigenvalue weighted by molar-refractivity contribution is -0.274. The summed E-state index contributed by atoms with van der Waals surface area (Å²) in [4.78, 5) is 16.5. The molecule has 4 nitrogen and oxygen atoms in total. The molecule has 1 N–H and O–H groups in total. The number of carboxylic acids is 1. The topological polar surface area (TPSA) is 59.4 Å². The Morgan fingerprint density at radius 2 is 1.52 bits per heavy atom. The van der Waals surface area contributed by atoms with Crippen LogP contribution >= 0.6 is 0 Å². The first-order valence-corrected chi connectivity index (χ1v) is 9.32. The Labute approximate surface area is 175 Å². The van der Waals surface area contributed by atoms with Gasteiger partial charge in [0.15, 0.2) is 0 Å². The van der Waals surface area contributed by atoms with Crippen molar-refractivity contribution < 1.29 is 27.8 Å². The number of hydrogen-bond acceptors (Lipinski definition) is 3. The number of rotatable bonds is 4. The van der Waals surface area contributed by atoms with Crippen molar-refractivity contribution in [3.8, 4) is 28.1 Å². The highest BCUT2D eigenvalue weighted by Crippen LogP contribution is 2.34. The number of alkyl halides is 3. The van der Waals surface area contributed by atoms with Gasteiger partial charge in [-0.05, 0) is 41.8 Å². The van der Waals surface area contributed by atoms with Crippen LogP contribution in [0.1, 0.15) is 15.9 Å². The Hall–Kier alpha value is -3.87. The molecule has 0 radical (unpaired) electrons. The molecule has 31 heavy (non-hydrogen) atoms. The maximum absolute atomic E-state index is 12.6. The van der Waals surface area contributed by atoms with E-state index in [0.717, 1.165) is 23.3 Å². The van der Waals surface area contributed by atoms with Crippen LogP contribution in [-0.2, 0) is 0 Å². The van der Waals surface area contributed by atoms with Crippen molar-refractivity contribution in [3.05, 3.63) is 83.9 Å². The van der Waals surface area contributed by atoms with Gasteiger partial charge in [0.05, 0.1) is 16.8 Å². The van der Waals surface area contributed by atoms with Gasteiger partial charge in [-0.3, -0.25) is 0 Å². The number of hydrogen-bond donors (Lipinski definition) is 1. The maximum atomic E-state index is 12.6. The van der Waals surface area contributed by atoms with E-state index in [0.29, 0.717) is 16.8 Å². The second-order valence-electron chi connectivity index (χ2n) is 6.94. The van der Waals surface area contributed by atoms with Gasteiger partial charge in [-0.1, -0.05) is 54.6 Å². The normalized spacial score (nSPS) is 11.5. The quantitative estimate of drug-likeness (QED) is 0.408. The molecule has 1 aromatic heterocycles. The summed E-state index contributed by atoms with van der Waals surface area (Å²) in [5.41, 5.74) is 3.71. The van der Waals surface area contributed by atoms with Crippen molar-refractivity contribution >= 4 is 16.9 Å². The van der Waals surface area contributed by atoms with Gasteiger partial charge in [-0.15, -0.1) is 13.2 Å². The number of aromatic nitrogens is 1. The Morgan fingerprint density at radius 3 is 2.13 bits per heavy atom. The molecule has 0 bridgehead atoms. The van der Waals surface area contributed by atoms with Crippen LogP contribution in [0.5, 0.6) is 5.75 Å². The average Bonchev–Trinajstić information content (AvgIpc) is 2.72. The van der Waals surface area contributed by atoms with Gasteiger partial charge in [0, 0.05) is 10.9 Å². The first-order chi connectivity index (χ1) is 14.7. The summed E-state index contributed by atoms with van der Waals surface area (Å²) < 4.78 is 41.6. The Kier molecular flexibility index (Phi) is 5.10. The van der Waals surface area contributed by atoms with E-state index in [4.69, 9.17) is 0 Å². The number of benzene rings is 3. The number of halogens is 3. The summed E-state index contributed by atoms with van der Waals surface area (Å²) in [5, 5.41) is 9.84. The number of aromatic carboxylic acids is 1. The minimum atomic E-state index is -4.88. The highest BCUT2D eigenvalue weighted by Gasteiger charge is 2.31. The summed E-state index contributed by atoms with van der Waals surface area (Å²) >= 11 is 0.